The molecule has 4 heteroatoms. The van der Waals surface area contributed by atoms with Crippen LogP contribution in [-0.2, 0) is 19.0 Å². The van der Waals surface area contributed by atoms with Gasteiger partial charge >= 0.3 is 5.97 Å². The van der Waals surface area contributed by atoms with Crippen LogP contribution >= 0.6 is 0 Å². The first-order chi connectivity index (χ1) is 11.0. The van der Waals surface area contributed by atoms with Gasteiger partial charge in [-0.1, -0.05) is 6.92 Å². The van der Waals surface area contributed by atoms with Crippen molar-refractivity contribution in [3.63, 3.8) is 0 Å². The topological polar surface area (TPSA) is 44.8 Å². The predicted octanol–water partition coefficient (Wildman–Crippen LogP) is 3.58. The van der Waals surface area contributed by atoms with E-state index in [1.165, 1.54) is 32.1 Å². The molecule has 4 fully saturated rings. The molecule has 1 atom stereocenters. The Hall–Kier alpha value is -0.610. The number of rotatable bonds is 8. The first-order valence-electron chi connectivity index (χ1n) is 9.42. The molecule has 23 heavy (non-hydrogen) atoms. The second kappa shape index (κ2) is 7.10. The lowest BCUT2D eigenvalue weighted by atomic mass is 9.50. The van der Waals surface area contributed by atoms with E-state index in [4.69, 9.17) is 14.2 Å². The Morgan fingerprint density at radius 1 is 1.09 bits per heavy atom. The molecule has 4 nitrogen and oxygen atoms in total. The zero-order valence-electron chi connectivity index (χ0n) is 14.9. The standard InChI is InChI=1S/C19H32O4/c1-4-13(2)22-6-5-21-12-18(20)23-19(3)16-8-14-7-15(10-16)11-17(19)9-14/h13-17H,4-12H2,1-3H3. The highest BCUT2D eigenvalue weighted by Crippen LogP contribution is 2.59. The van der Waals surface area contributed by atoms with Crippen molar-refractivity contribution in [1.82, 2.24) is 0 Å². The largest absolute Gasteiger partial charge is 0.457 e. The van der Waals surface area contributed by atoms with Crippen molar-refractivity contribution in [2.75, 3.05) is 19.8 Å². The fourth-order valence-electron chi connectivity index (χ4n) is 5.14. The SMILES string of the molecule is CCC(C)OCCOCC(=O)OC1(C)C2CC3CC(C2)CC1C3. The van der Waals surface area contributed by atoms with Crippen molar-refractivity contribution in [1.29, 1.82) is 0 Å². The molecule has 0 radical (unpaired) electrons. The van der Waals surface area contributed by atoms with Crippen LogP contribution in [0.15, 0.2) is 0 Å². The third-order valence-corrected chi connectivity index (χ3v) is 6.52. The maximum absolute atomic E-state index is 12.2. The van der Waals surface area contributed by atoms with E-state index in [0.29, 0.717) is 25.0 Å². The molecular weight excluding hydrogens is 292 g/mol. The Labute approximate surface area is 140 Å². The Morgan fingerprint density at radius 2 is 1.70 bits per heavy atom. The van der Waals surface area contributed by atoms with E-state index in [0.717, 1.165) is 18.3 Å². The minimum absolute atomic E-state index is 0.0474. The molecule has 4 aliphatic rings. The van der Waals surface area contributed by atoms with Crippen molar-refractivity contribution in [2.24, 2.45) is 23.7 Å². The summed E-state index contributed by atoms with van der Waals surface area (Å²) < 4.78 is 16.9. The lowest BCUT2D eigenvalue weighted by molar-refractivity contribution is -0.207. The van der Waals surface area contributed by atoms with Crippen molar-refractivity contribution in [3.05, 3.63) is 0 Å². The monoisotopic (exact) mass is 324 g/mol. The molecule has 4 aliphatic carbocycles. The van der Waals surface area contributed by atoms with Crippen LogP contribution in [0.4, 0.5) is 0 Å². The lowest BCUT2D eigenvalue weighted by Gasteiger charge is -2.59. The summed E-state index contributed by atoms with van der Waals surface area (Å²) in [6.07, 6.45) is 7.65. The van der Waals surface area contributed by atoms with Crippen molar-refractivity contribution in [3.8, 4) is 0 Å². The molecule has 0 aromatic heterocycles. The predicted molar refractivity (Wildman–Crippen MR) is 88.1 cm³/mol. The van der Waals surface area contributed by atoms with Crippen LogP contribution in [0.1, 0.15) is 59.3 Å². The van der Waals surface area contributed by atoms with Crippen LogP contribution in [0.2, 0.25) is 0 Å². The van der Waals surface area contributed by atoms with Gasteiger partial charge in [-0.25, -0.2) is 4.79 Å². The highest BCUT2D eigenvalue weighted by molar-refractivity contribution is 5.71. The maximum Gasteiger partial charge on any atom is 0.332 e. The van der Waals surface area contributed by atoms with E-state index in [1.807, 2.05) is 6.92 Å². The van der Waals surface area contributed by atoms with Crippen LogP contribution in [-0.4, -0.2) is 37.5 Å². The minimum Gasteiger partial charge on any atom is -0.457 e. The number of esters is 1. The summed E-state index contributed by atoms with van der Waals surface area (Å²) in [6.45, 7) is 7.34. The summed E-state index contributed by atoms with van der Waals surface area (Å²) in [4.78, 5) is 12.2. The minimum atomic E-state index is -0.249. The molecular formula is C19H32O4. The van der Waals surface area contributed by atoms with Crippen LogP contribution in [0.3, 0.4) is 0 Å². The van der Waals surface area contributed by atoms with Gasteiger partial charge in [0.1, 0.15) is 12.2 Å². The third-order valence-electron chi connectivity index (χ3n) is 6.52. The van der Waals surface area contributed by atoms with Crippen LogP contribution < -0.4 is 0 Å². The van der Waals surface area contributed by atoms with Gasteiger partial charge in [0.15, 0.2) is 0 Å². The molecule has 132 valence electrons. The molecule has 0 heterocycles. The summed E-state index contributed by atoms with van der Waals surface area (Å²) in [5.74, 6) is 2.70. The number of ether oxygens (including phenoxy) is 3. The van der Waals surface area contributed by atoms with E-state index >= 15 is 0 Å². The van der Waals surface area contributed by atoms with E-state index in [1.54, 1.807) is 0 Å². The molecule has 1 unspecified atom stereocenters. The molecule has 0 saturated heterocycles. The normalized spacial score (nSPS) is 39.4. The second-order valence-corrected chi connectivity index (χ2v) is 8.10. The van der Waals surface area contributed by atoms with Crippen LogP contribution in [0, 0.1) is 23.7 Å². The summed E-state index contributed by atoms with van der Waals surface area (Å²) in [5.41, 5.74) is -0.249. The van der Waals surface area contributed by atoms with Crippen molar-refractivity contribution >= 4 is 5.97 Å². The summed E-state index contributed by atoms with van der Waals surface area (Å²) >= 11 is 0. The van der Waals surface area contributed by atoms with Gasteiger partial charge in [0.25, 0.3) is 0 Å². The lowest BCUT2D eigenvalue weighted by Crippen LogP contribution is -2.58. The molecule has 0 aromatic rings. The first-order valence-corrected chi connectivity index (χ1v) is 9.42. The summed E-state index contributed by atoms with van der Waals surface area (Å²) in [7, 11) is 0. The van der Waals surface area contributed by atoms with Gasteiger partial charge in [0, 0.05) is 0 Å². The molecule has 4 rings (SSSR count). The van der Waals surface area contributed by atoms with E-state index in [9.17, 15) is 4.79 Å². The van der Waals surface area contributed by atoms with Gasteiger partial charge < -0.3 is 14.2 Å². The quantitative estimate of drug-likeness (QED) is 0.506. The van der Waals surface area contributed by atoms with Gasteiger partial charge in [0.05, 0.1) is 19.3 Å². The molecule has 0 aliphatic heterocycles. The number of carbonyl (C=O) groups is 1. The highest BCUT2D eigenvalue weighted by Gasteiger charge is 2.56. The summed E-state index contributed by atoms with van der Waals surface area (Å²) in [6, 6.07) is 0. The highest BCUT2D eigenvalue weighted by atomic mass is 16.6. The van der Waals surface area contributed by atoms with Crippen molar-refractivity contribution in [2.45, 2.75) is 71.0 Å². The second-order valence-electron chi connectivity index (χ2n) is 8.10. The van der Waals surface area contributed by atoms with Crippen LogP contribution in [0.25, 0.3) is 0 Å². The number of hydrogen-bond acceptors (Lipinski definition) is 4. The zero-order chi connectivity index (χ0) is 16.4. The zero-order valence-corrected chi connectivity index (χ0v) is 14.9. The fraction of sp³-hybridized carbons (Fsp3) is 0.947. The van der Waals surface area contributed by atoms with Crippen LogP contribution in [0.5, 0.6) is 0 Å². The van der Waals surface area contributed by atoms with Gasteiger partial charge in [-0.05, 0) is 76.0 Å². The Balaban J connectivity index is 1.41. The van der Waals surface area contributed by atoms with Gasteiger partial charge in [-0.3, -0.25) is 0 Å². The molecule has 4 saturated carbocycles. The Bertz CT molecular complexity index is 392. The Kier molecular flexibility index (Phi) is 5.32. The molecule has 0 N–H and O–H groups in total. The third kappa shape index (κ3) is 3.74. The maximum atomic E-state index is 12.2. The number of carbonyl (C=O) groups excluding carboxylic acids is 1. The van der Waals surface area contributed by atoms with Gasteiger partial charge in [-0.2, -0.15) is 0 Å². The molecule has 0 amide bonds. The fourth-order valence-corrected chi connectivity index (χ4v) is 5.14. The van der Waals surface area contributed by atoms with E-state index in [2.05, 4.69) is 13.8 Å². The Morgan fingerprint density at radius 3 is 2.26 bits per heavy atom. The molecule has 0 aromatic carbocycles. The molecule has 0 spiro atoms. The van der Waals surface area contributed by atoms with E-state index in [-0.39, 0.29) is 24.3 Å². The average molecular weight is 324 g/mol. The van der Waals surface area contributed by atoms with Gasteiger partial charge in [0.2, 0.25) is 0 Å². The smallest absolute Gasteiger partial charge is 0.332 e. The average Bonchev–Trinajstić information content (AvgIpc) is 2.51. The van der Waals surface area contributed by atoms with E-state index < -0.39 is 0 Å². The summed E-state index contributed by atoms with van der Waals surface area (Å²) in [5, 5.41) is 0. The van der Waals surface area contributed by atoms with Crippen molar-refractivity contribution < 1.29 is 19.0 Å². The van der Waals surface area contributed by atoms with Gasteiger partial charge in [-0.15, -0.1) is 0 Å². The first kappa shape index (κ1) is 17.2. The molecule has 4 bridgehead atoms. The number of hydrogen-bond donors (Lipinski definition) is 0.